The van der Waals surface area contributed by atoms with Crippen LogP contribution in [0.2, 0.25) is 0 Å². The van der Waals surface area contributed by atoms with Gasteiger partial charge in [0.25, 0.3) is 0 Å². The van der Waals surface area contributed by atoms with Crippen molar-refractivity contribution in [3.63, 3.8) is 0 Å². The van der Waals surface area contributed by atoms with Gasteiger partial charge < -0.3 is 0 Å². The maximum atomic E-state index is 2.27. The van der Waals surface area contributed by atoms with Crippen LogP contribution in [0.4, 0.5) is 0 Å². The molecule has 1 aromatic rings. The van der Waals surface area contributed by atoms with Crippen molar-refractivity contribution >= 4 is 0 Å². The van der Waals surface area contributed by atoms with Gasteiger partial charge in [-0.25, -0.2) is 0 Å². The smallest absolute Gasteiger partial charge is 0.0162 e. The van der Waals surface area contributed by atoms with E-state index in [9.17, 15) is 0 Å². The third kappa shape index (κ3) is 4.61. The van der Waals surface area contributed by atoms with Gasteiger partial charge in [-0.1, -0.05) is 101 Å². The fourth-order valence-electron chi connectivity index (χ4n) is 5.02. The van der Waals surface area contributed by atoms with Crippen molar-refractivity contribution in [1.82, 2.24) is 0 Å². The van der Waals surface area contributed by atoms with Crippen LogP contribution in [-0.4, -0.2) is 0 Å². The Balaban J connectivity index is 0.000000133. The van der Waals surface area contributed by atoms with Gasteiger partial charge in [0.05, 0.1) is 0 Å². The molecule has 0 bridgehead atoms. The molecule has 0 amide bonds. The highest BCUT2D eigenvalue weighted by molar-refractivity contribution is 5.19. The summed E-state index contributed by atoms with van der Waals surface area (Å²) in [6.45, 7) is 0. The summed E-state index contributed by atoms with van der Waals surface area (Å²) in [6.07, 6.45) is 19.5. The Morgan fingerprint density at radius 2 is 0.955 bits per heavy atom. The highest BCUT2D eigenvalue weighted by atomic mass is 14.3. The van der Waals surface area contributed by atoms with Crippen molar-refractivity contribution in [2.75, 3.05) is 0 Å². The fourth-order valence-corrected chi connectivity index (χ4v) is 5.02. The summed E-state index contributed by atoms with van der Waals surface area (Å²) in [7, 11) is 0. The van der Waals surface area contributed by atoms with E-state index in [4.69, 9.17) is 0 Å². The first-order chi connectivity index (χ1) is 10.9. The topological polar surface area (TPSA) is 0 Å². The molecule has 0 nitrogen and oxygen atoms in total. The van der Waals surface area contributed by atoms with Crippen LogP contribution in [0.1, 0.15) is 95.0 Å². The monoisotopic (exact) mass is 298 g/mol. The van der Waals surface area contributed by atoms with E-state index in [-0.39, 0.29) is 0 Å². The minimum Gasteiger partial charge on any atom is -0.0622 e. The zero-order valence-electron chi connectivity index (χ0n) is 14.3. The largest absolute Gasteiger partial charge is 0.0622 e. The molecular weight excluding hydrogens is 264 g/mol. The number of hydrogen-bond acceptors (Lipinski definition) is 0. The number of hydrogen-bond donors (Lipinski definition) is 0. The molecule has 4 rings (SSSR count). The zero-order valence-corrected chi connectivity index (χ0v) is 14.3. The van der Waals surface area contributed by atoms with E-state index in [2.05, 4.69) is 30.3 Å². The standard InChI is InChI=1S/C12H16.C10H18/c1-3-7-11(8-4-1)12-9-5-2-6-10-12;1-2-6-10-8-4-3-7-9(10)5-1/h1,3-4,7-8,12H,2,5-6,9-10H2;9-10H,1-8H2. The highest BCUT2D eigenvalue weighted by Crippen LogP contribution is 2.40. The first-order valence-corrected chi connectivity index (χ1v) is 9.98. The number of benzene rings is 1. The Hall–Kier alpha value is -0.780. The zero-order chi connectivity index (χ0) is 15.0. The van der Waals surface area contributed by atoms with Crippen LogP contribution in [-0.2, 0) is 0 Å². The van der Waals surface area contributed by atoms with Crippen LogP contribution in [0.5, 0.6) is 0 Å². The van der Waals surface area contributed by atoms with Gasteiger partial charge in [0.1, 0.15) is 0 Å². The van der Waals surface area contributed by atoms with Gasteiger partial charge in [0.2, 0.25) is 0 Å². The van der Waals surface area contributed by atoms with Gasteiger partial charge in [-0.05, 0) is 36.2 Å². The molecule has 0 N–H and O–H groups in total. The minimum atomic E-state index is 0.861. The number of rotatable bonds is 1. The molecule has 22 heavy (non-hydrogen) atoms. The van der Waals surface area contributed by atoms with Gasteiger partial charge >= 0.3 is 0 Å². The van der Waals surface area contributed by atoms with Crippen molar-refractivity contribution in [2.24, 2.45) is 11.8 Å². The molecule has 0 aliphatic heterocycles. The predicted octanol–water partition coefficient (Wildman–Crippen LogP) is 7.10. The lowest BCUT2D eigenvalue weighted by molar-refractivity contribution is 0.171. The molecule has 0 heteroatoms. The minimum absolute atomic E-state index is 0.861. The molecule has 0 spiro atoms. The lowest BCUT2D eigenvalue weighted by Crippen LogP contribution is -2.22. The van der Waals surface area contributed by atoms with E-state index >= 15 is 0 Å². The number of fused-ring (bicyclic) bond motifs is 1. The van der Waals surface area contributed by atoms with E-state index in [0.717, 1.165) is 17.8 Å². The van der Waals surface area contributed by atoms with E-state index in [0.29, 0.717) is 0 Å². The third-order valence-corrected chi connectivity index (χ3v) is 6.34. The average molecular weight is 299 g/mol. The summed E-state index contributed by atoms with van der Waals surface area (Å²) in [4.78, 5) is 0. The Morgan fingerprint density at radius 1 is 0.500 bits per heavy atom. The Morgan fingerprint density at radius 3 is 1.45 bits per heavy atom. The molecule has 0 radical (unpaired) electrons. The molecule has 3 saturated carbocycles. The molecule has 1 aromatic carbocycles. The Labute approximate surface area is 137 Å². The van der Waals surface area contributed by atoms with Gasteiger partial charge in [0, 0.05) is 0 Å². The first kappa shape index (κ1) is 16.1. The SMILES string of the molecule is C1CCC2CCCCC2C1.c1ccc(C2CCCCC2)cc1. The summed E-state index contributed by atoms with van der Waals surface area (Å²) in [6, 6.07) is 11.0. The van der Waals surface area contributed by atoms with Crippen molar-refractivity contribution in [2.45, 2.75) is 89.4 Å². The molecule has 0 heterocycles. The van der Waals surface area contributed by atoms with Gasteiger partial charge in [-0.3, -0.25) is 0 Å². The van der Waals surface area contributed by atoms with Crippen LogP contribution in [0.3, 0.4) is 0 Å². The molecule has 0 aromatic heterocycles. The quantitative estimate of drug-likeness (QED) is 0.518. The maximum Gasteiger partial charge on any atom is -0.0162 e. The molecular formula is C22H34. The normalized spacial score (nSPS) is 29.1. The van der Waals surface area contributed by atoms with E-state index < -0.39 is 0 Å². The molecule has 122 valence electrons. The third-order valence-electron chi connectivity index (χ3n) is 6.34. The molecule has 3 fully saturated rings. The van der Waals surface area contributed by atoms with Crippen molar-refractivity contribution in [1.29, 1.82) is 0 Å². The van der Waals surface area contributed by atoms with Crippen molar-refractivity contribution in [3.8, 4) is 0 Å². The lowest BCUT2D eigenvalue weighted by Gasteiger charge is -2.35. The van der Waals surface area contributed by atoms with Crippen LogP contribution in [0, 0.1) is 11.8 Å². The second-order valence-electron chi connectivity index (χ2n) is 7.83. The second-order valence-corrected chi connectivity index (χ2v) is 7.83. The van der Waals surface area contributed by atoms with Crippen LogP contribution in [0.15, 0.2) is 30.3 Å². The highest BCUT2D eigenvalue weighted by Gasteiger charge is 2.26. The first-order valence-electron chi connectivity index (χ1n) is 9.98. The Kier molecular flexibility index (Phi) is 6.40. The second kappa shape index (κ2) is 8.75. The lowest BCUT2D eigenvalue weighted by atomic mass is 9.71. The summed E-state index contributed by atoms with van der Waals surface area (Å²) in [5, 5.41) is 0. The summed E-state index contributed by atoms with van der Waals surface area (Å²) < 4.78 is 0. The van der Waals surface area contributed by atoms with Gasteiger partial charge in [0.15, 0.2) is 0 Å². The summed E-state index contributed by atoms with van der Waals surface area (Å²) >= 11 is 0. The average Bonchev–Trinajstić information content (AvgIpc) is 2.64. The molecule has 3 aliphatic carbocycles. The van der Waals surface area contributed by atoms with Gasteiger partial charge in [-0.15, -0.1) is 0 Å². The van der Waals surface area contributed by atoms with Crippen LogP contribution in [0.25, 0.3) is 0 Å². The predicted molar refractivity (Wildman–Crippen MR) is 96.2 cm³/mol. The van der Waals surface area contributed by atoms with Crippen LogP contribution < -0.4 is 0 Å². The fraction of sp³-hybridized carbons (Fsp3) is 0.727. The van der Waals surface area contributed by atoms with Crippen LogP contribution >= 0.6 is 0 Å². The molecule has 3 aliphatic rings. The van der Waals surface area contributed by atoms with Crippen molar-refractivity contribution in [3.05, 3.63) is 35.9 Å². The molecule has 0 atom stereocenters. The summed E-state index contributed by atoms with van der Waals surface area (Å²) in [5.74, 6) is 3.17. The van der Waals surface area contributed by atoms with Crippen molar-refractivity contribution < 1.29 is 0 Å². The Bertz CT molecular complexity index is 375. The van der Waals surface area contributed by atoms with E-state index in [1.165, 1.54) is 57.8 Å². The maximum absolute atomic E-state index is 2.27. The molecule has 0 saturated heterocycles. The van der Waals surface area contributed by atoms with Gasteiger partial charge in [-0.2, -0.15) is 0 Å². The molecule has 0 unspecified atom stereocenters. The summed E-state index contributed by atoms with van der Waals surface area (Å²) in [5.41, 5.74) is 1.55. The van der Waals surface area contributed by atoms with E-state index in [1.54, 1.807) is 31.2 Å². The van der Waals surface area contributed by atoms with E-state index in [1.807, 2.05) is 0 Å².